The molecule has 1 fully saturated rings. The average Bonchev–Trinajstić information content (AvgIpc) is 2.93. The molecule has 2 aromatic heterocycles. The Morgan fingerprint density at radius 3 is 3.00 bits per heavy atom. The number of nitrogens with one attached hydrogen (secondary N) is 2. The van der Waals surface area contributed by atoms with Crippen molar-refractivity contribution in [3.05, 3.63) is 18.6 Å². The Kier molecular flexibility index (Phi) is 3.45. The van der Waals surface area contributed by atoms with Crippen molar-refractivity contribution < 1.29 is 9.84 Å². The molecule has 1 aliphatic heterocycles. The van der Waals surface area contributed by atoms with Gasteiger partial charge >= 0.3 is 0 Å². The van der Waals surface area contributed by atoms with Crippen LogP contribution in [0.4, 0.5) is 11.6 Å². The molecule has 2 aromatic rings. The highest BCUT2D eigenvalue weighted by atomic mass is 16.5. The maximum atomic E-state index is 10.5. The molecule has 0 amide bonds. The van der Waals surface area contributed by atoms with Crippen LogP contribution in [0.3, 0.4) is 0 Å². The van der Waals surface area contributed by atoms with E-state index in [-0.39, 0.29) is 0 Å². The Morgan fingerprint density at radius 2 is 2.25 bits per heavy atom. The van der Waals surface area contributed by atoms with Gasteiger partial charge in [-0.05, 0) is 0 Å². The zero-order valence-corrected chi connectivity index (χ0v) is 11.5. The quantitative estimate of drug-likeness (QED) is 0.764. The molecular formula is C13H19N5O2. The third-order valence-electron chi connectivity index (χ3n) is 3.64. The van der Waals surface area contributed by atoms with Gasteiger partial charge in [0.1, 0.15) is 5.82 Å². The fraction of sp³-hybridized carbons (Fsp3) is 0.538. The van der Waals surface area contributed by atoms with Crippen molar-refractivity contribution >= 4 is 17.3 Å². The third-order valence-corrected chi connectivity index (χ3v) is 3.64. The van der Waals surface area contributed by atoms with Crippen molar-refractivity contribution in [3.8, 4) is 0 Å². The van der Waals surface area contributed by atoms with Crippen molar-refractivity contribution in [2.45, 2.75) is 18.4 Å². The van der Waals surface area contributed by atoms with Crippen molar-refractivity contribution in [1.29, 1.82) is 0 Å². The first-order valence-corrected chi connectivity index (χ1v) is 6.76. The number of nitrogens with zero attached hydrogens (tertiary/aromatic N) is 3. The number of hydrogen-bond acceptors (Lipinski definition) is 6. The van der Waals surface area contributed by atoms with Gasteiger partial charge in [0, 0.05) is 52.0 Å². The van der Waals surface area contributed by atoms with Gasteiger partial charge < -0.3 is 24.9 Å². The molecule has 7 heteroatoms. The average molecular weight is 277 g/mol. The van der Waals surface area contributed by atoms with Crippen molar-refractivity contribution in [1.82, 2.24) is 14.4 Å². The van der Waals surface area contributed by atoms with Crippen LogP contribution >= 0.6 is 0 Å². The monoisotopic (exact) mass is 277 g/mol. The summed E-state index contributed by atoms with van der Waals surface area (Å²) >= 11 is 0. The third kappa shape index (κ3) is 2.54. The highest BCUT2D eigenvalue weighted by Gasteiger charge is 2.29. The van der Waals surface area contributed by atoms with Gasteiger partial charge in [0.05, 0.1) is 11.8 Å². The number of hydrogen-bond donors (Lipinski definition) is 3. The smallest absolute Gasteiger partial charge is 0.180 e. The van der Waals surface area contributed by atoms with Crippen LogP contribution in [0.25, 0.3) is 5.65 Å². The minimum absolute atomic E-state index is 0.443. The summed E-state index contributed by atoms with van der Waals surface area (Å²) in [5, 5.41) is 16.7. The van der Waals surface area contributed by atoms with Crippen molar-refractivity contribution in [3.63, 3.8) is 0 Å². The van der Waals surface area contributed by atoms with E-state index >= 15 is 0 Å². The Bertz CT molecular complexity index is 591. The highest BCUT2D eigenvalue weighted by molar-refractivity contribution is 5.65. The molecule has 0 saturated carbocycles. The fourth-order valence-electron chi connectivity index (χ4n) is 2.35. The molecule has 3 heterocycles. The molecule has 0 atom stereocenters. The first-order chi connectivity index (χ1) is 9.70. The zero-order chi connectivity index (χ0) is 14.0. The molecule has 3 N–H and O–H groups in total. The molecule has 20 heavy (non-hydrogen) atoms. The van der Waals surface area contributed by atoms with Gasteiger partial charge in [-0.25, -0.2) is 9.97 Å². The number of ether oxygens (including phenoxy) is 1. The summed E-state index contributed by atoms with van der Waals surface area (Å²) in [5.74, 6) is 1.42. The molecule has 0 spiro atoms. The molecule has 108 valence electrons. The topological polar surface area (TPSA) is 83.7 Å². The number of anilines is 2. The van der Waals surface area contributed by atoms with Crippen LogP contribution in [0, 0.1) is 0 Å². The SMILES string of the molecule is CNc1cn2ccnc2c(NCC2(O)CCOCC2)n1. The molecule has 0 aromatic carbocycles. The van der Waals surface area contributed by atoms with E-state index in [1.165, 1.54) is 0 Å². The second-order valence-electron chi connectivity index (χ2n) is 5.07. The van der Waals surface area contributed by atoms with E-state index in [0.29, 0.717) is 38.4 Å². The van der Waals surface area contributed by atoms with Gasteiger partial charge in [0.25, 0.3) is 0 Å². The maximum absolute atomic E-state index is 10.5. The number of fused-ring (bicyclic) bond motifs is 1. The molecule has 7 nitrogen and oxygen atoms in total. The van der Waals surface area contributed by atoms with Gasteiger partial charge in [-0.2, -0.15) is 0 Å². The molecule has 0 unspecified atom stereocenters. The van der Waals surface area contributed by atoms with Crippen LogP contribution in [0.1, 0.15) is 12.8 Å². The van der Waals surface area contributed by atoms with Crippen LogP contribution < -0.4 is 10.6 Å². The molecule has 1 saturated heterocycles. The summed E-state index contributed by atoms with van der Waals surface area (Å²) < 4.78 is 7.18. The minimum Gasteiger partial charge on any atom is -0.388 e. The summed E-state index contributed by atoms with van der Waals surface area (Å²) in [6.45, 7) is 1.64. The predicted octanol–water partition coefficient (Wildman–Crippen LogP) is 0.724. The highest BCUT2D eigenvalue weighted by Crippen LogP contribution is 2.22. The standard InChI is InChI=1S/C13H19N5O2/c1-14-10-8-18-5-4-15-12(18)11(17-10)16-9-13(19)2-6-20-7-3-13/h4-5,8,14,19H,2-3,6-7,9H2,1H3,(H,16,17). The van der Waals surface area contributed by atoms with Crippen LogP contribution in [-0.2, 0) is 4.74 Å². The summed E-state index contributed by atoms with van der Waals surface area (Å²) in [6.07, 6.45) is 6.74. The zero-order valence-electron chi connectivity index (χ0n) is 11.5. The summed E-state index contributed by atoms with van der Waals surface area (Å²) in [7, 11) is 1.82. The van der Waals surface area contributed by atoms with Crippen LogP contribution in [-0.4, -0.2) is 51.9 Å². The summed E-state index contributed by atoms with van der Waals surface area (Å²) in [4.78, 5) is 8.74. The van der Waals surface area contributed by atoms with Gasteiger partial charge in [-0.3, -0.25) is 0 Å². The number of aliphatic hydroxyl groups is 1. The van der Waals surface area contributed by atoms with E-state index in [4.69, 9.17) is 4.74 Å². The Hall–Kier alpha value is -1.86. The van der Waals surface area contributed by atoms with E-state index in [1.807, 2.05) is 23.8 Å². The summed E-state index contributed by atoms with van der Waals surface area (Å²) in [5.41, 5.74) is 0.0127. The Morgan fingerprint density at radius 1 is 1.45 bits per heavy atom. The van der Waals surface area contributed by atoms with Crippen molar-refractivity contribution in [2.75, 3.05) is 37.4 Å². The van der Waals surface area contributed by atoms with Gasteiger partial charge in [0.2, 0.25) is 0 Å². The predicted molar refractivity (Wildman–Crippen MR) is 76.0 cm³/mol. The largest absolute Gasteiger partial charge is 0.388 e. The fourth-order valence-corrected chi connectivity index (χ4v) is 2.35. The van der Waals surface area contributed by atoms with E-state index in [1.54, 1.807) is 6.20 Å². The number of rotatable bonds is 4. The lowest BCUT2D eigenvalue weighted by atomic mass is 9.94. The van der Waals surface area contributed by atoms with Gasteiger partial charge in [-0.1, -0.05) is 0 Å². The Balaban J connectivity index is 1.81. The summed E-state index contributed by atoms with van der Waals surface area (Å²) in [6, 6.07) is 0. The molecule has 1 aliphatic rings. The first kappa shape index (κ1) is 13.1. The minimum atomic E-state index is -0.737. The van der Waals surface area contributed by atoms with E-state index < -0.39 is 5.60 Å². The van der Waals surface area contributed by atoms with Crippen LogP contribution in [0.5, 0.6) is 0 Å². The van der Waals surface area contributed by atoms with Crippen LogP contribution in [0.15, 0.2) is 18.6 Å². The first-order valence-electron chi connectivity index (χ1n) is 6.76. The normalized spacial score (nSPS) is 18.1. The molecule has 0 radical (unpaired) electrons. The maximum Gasteiger partial charge on any atom is 0.180 e. The van der Waals surface area contributed by atoms with Crippen molar-refractivity contribution in [2.24, 2.45) is 0 Å². The van der Waals surface area contributed by atoms with Crippen LogP contribution in [0.2, 0.25) is 0 Å². The lowest BCUT2D eigenvalue weighted by Crippen LogP contribution is -2.42. The second kappa shape index (κ2) is 5.26. The number of imidazole rings is 1. The van der Waals surface area contributed by atoms with E-state index in [9.17, 15) is 5.11 Å². The molecule has 3 rings (SSSR count). The van der Waals surface area contributed by atoms with E-state index in [0.717, 1.165) is 11.5 Å². The number of aromatic nitrogens is 3. The second-order valence-corrected chi connectivity index (χ2v) is 5.07. The lowest BCUT2D eigenvalue weighted by Gasteiger charge is -2.32. The molecular weight excluding hydrogens is 258 g/mol. The lowest BCUT2D eigenvalue weighted by molar-refractivity contribution is -0.0543. The molecule has 0 aliphatic carbocycles. The van der Waals surface area contributed by atoms with E-state index in [2.05, 4.69) is 20.6 Å². The molecule has 0 bridgehead atoms. The van der Waals surface area contributed by atoms with Gasteiger partial charge in [0.15, 0.2) is 11.5 Å². The Labute approximate surface area is 117 Å². The van der Waals surface area contributed by atoms with Gasteiger partial charge in [-0.15, -0.1) is 0 Å².